The minimum absolute atomic E-state index is 0.515. The van der Waals surface area contributed by atoms with Crippen molar-refractivity contribution in [1.29, 1.82) is 0 Å². The lowest BCUT2D eigenvalue weighted by molar-refractivity contribution is 0.0391. The highest BCUT2D eigenvalue weighted by Crippen LogP contribution is 2.34. The van der Waals surface area contributed by atoms with E-state index in [-0.39, 0.29) is 0 Å². The molecule has 128 valence electrons. The first kappa shape index (κ1) is 15.8. The van der Waals surface area contributed by atoms with Crippen LogP contribution < -0.4 is 15.8 Å². The van der Waals surface area contributed by atoms with E-state index < -0.39 is 5.72 Å². The molecule has 0 amide bonds. The van der Waals surface area contributed by atoms with E-state index in [0.29, 0.717) is 6.61 Å². The van der Waals surface area contributed by atoms with Crippen molar-refractivity contribution in [2.24, 2.45) is 0 Å². The molecule has 3 N–H and O–H groups in total. The van der Waals surface area contributed by atoms with Crippen molar-refractivity contribution >= 4 is 27.1 Å². The third kappa shape index (κ3) is 3.03. The van der Waals surface area contributed by atoms with E-state index in [4.69, 9.17) is 15.2 Å². The lowest BCUT2D eigenvalue weighted by atomic mass is 10.1. The zero-order valence-corrected chi connectivity index (χ0v) is 14.8. The summed E-state index contributed by atoms with van der Waals surface area (Å²) >= 11 is 1.64. The van der Waals surface area contributed by atoms with Gasteiger partial charge < -0.3 is 20.5 Å². The average Bonchev–Trinajstić information content (AvgIpc) is 3.26. The number of thiophene rings is 1. The average molecular weight is 352 g/mol. The molecule has 0 fully saturated rings. The fourth-order valence-corrected chi connectivity index (χ4v) is 3.87. The Balaban J connectivity index is 1.38. The highest BCUT2D eigenvalue weighted by atomic mass is 32.1. The van der Waals surface area contributed by atoms with Crippen molar-refractivity contribution in [2.45, 2.75) is 19.1 Å². The molecule has 0 saturated heterocycles. The van der Waals surface area contributed by atoms with Crippen molar-refractivity contribution in [3.63, 3.8) is 0 Å². The highest BCUT2D eigenvalue weighted by molar-refractivity contribution is 7.17. The quantitative estimate of drug-likeness (QED) is 0.660. The second-order valence-electron chi connectivity index (χ2n) is 6.20. The Hall–Kier alpha value is -2.66. The van der Waals surface area contributed by atoms with Gasteiger partial charge in [-0.2, -0.15) is 0 Å². The summed E-state index contributed by atoms with van der Waals surface area (Å²) in [5, 5.41) is 6.56. The maximum atomic E-state index is 6.00. The summed E-state index contributed by atoms with van der Waals surface area (Å²) in [4.78, 5) is 0. The van der Waals surface area contributed by atoms with E-state index in [0.717, 1.165) is 39.2 Å². The number of fused-ring (bicyclic) bond motifs is 1. The van der Waals surface area contributed by atoms with Crippen molar-refractivity contribution in [3.8, 4) is 5.75 Å². The summed E-state index contributed by atoms with van der Waals surface area (Å²) in [5.74, 6) is 0.871. The zero-order valence-electron chi connectivity index (χ0n) is 14.0. The summed E-state index contributed by atoms with van der Waals surface area (Å²) < 4.78 is 12.9. The van der Waals surface area contributed by atoms with E-state index in [2.05, 4.69) is 17.4 Å². The van der Waals surface area contributed by atoms with E-state index in [1.807, 2.05) is 48.7 Å². The van der Waals surface area contributed by atoms with Crippen LogP contribution in [0.15, 0.2) is 65.9 Å². The zero-order chi connectivity index (χ0) is 17.3. The number of anilines is 1. The molecule has 0 bridgehead atoms. The molecule has 0 aliphatic carbocycles. The monoisotopic (exact) mass is 352 g/mol. The third-order valence-corrected chi connectivity index (χ3v) is 5.36. The molecule has 1 aliphatic heterocycles. The van der Waals surface area contributed by atoms with Gasteiger partial charge in [0.1, 0.15) is 12.0 Å². The van der Waals surface area contributed by atoms with Gasteiger partial charge in [0.2, 0.25) is 5.72 Å². The Kier molecular flexibility index (Phi) is 4.01. The second-order valence-corrected chi connectivity index (χ2v) is 7.12. The standard InChI is InChI=1S/C20H20N2O2S/c1-20(14-5-3-2-4-6-14)22-15(13-24-20)9-11-23-18-8-7-17(21)19-16(18)10-12-25-19/h2-8,10,12-13,22H,9,11,21H2,1H3. The smallest absolute Gasteiger partial charge is 0.203 e. The van der Waals surface area contributed by atoms with Crippen molar-refractivity contribution in [3.05, 3.63) is 71.4 Å². The number of benzene rings is 2. The Morgan fingerprint density at radius 2 is 2.00 bits per heavy atom. The van der Waals surface area contributed by atoms with Crippen LogP contribution in [0.2, 0.25) is 0 Å². The molecule has 0 radical (unpaired) electrons. The van der Waals surface area contributed by atoms with Crippen molar-refractivity contribution in [1.82, 2.24) is 5.32 Å². The molecule has 25 heavy (non-hydrogen) atoms. The van der Waals surface area contributed by atoms with Gasteiger partial charge in [-0.05, 0) is 30.5 Å². The van der Waals surface area contributed by atoms with Crippen LogP contribution in [-0.4, -0.2) is 6.61 Å². The molecule has 1 atom stereocenters. The van der Waals surface area contributed by atoms with Crippen LogP contribution in [0.1, 0.15) is 18.9 Å². The summed E-state index contributed by atoms with van der Waals surface area (Å²) in [7, 11) is 0. The van der Waals surface area contributed by atoms with Gasteiger partial charge in [-0.3, -0.25) is 0 Å². The van der Waals surface area contributed by atoms with Crippen LogP contribution in [0.5, 0.6) is 5.75 Å². The van der Waals surface area contributed by atoms with Crippen LogP contribution in [0, 0.1) is 0 Å². The lowest BCUT2D eigenvalue weighted by Gasteiger charge is -2.26. The fraction of sp³-hybridized carbons (Fsp3) is 0.200. The summed E-state index contributed by atoms with van der Waals surface area (Å²) in [6, 6.07) is 16.0. The number of ether oxygens (including phenoxy) is 2. The molecule has 1 aromatic heterocycles. The maximum absolute atomic E-state index is 6.00. The molecule has 3 aromatic rings. The van der Waals surface area contributed by atoms with Gasteiger partial charge in [-0.1, -0.05) is 30.3 Å². The Bertz CT molecular complexity index is 920. The first-order valence-corrected chi connectivity index (χ1v) is 9.13. The van der Waals surface area contributed by atoms with Gasteiger partial charge >= 0.3 is 0 Å². The topological polar surface area (TPSA) is 56.5 Å². The molecule has 2 heterocycles. The summed E-state index contributed by atoms with van der Waals surface area (Å²) in [6.45, 7) is 2.60. The van der Waals surface area contributed by atoms with E-state index in [9.17, 15) is 0 Å². The highest BCUT2D eigenvalue weighted by Gasteiger charge is 2.32. The van der Waals surface area contributed by atoms with E-state index >= 15 is 0 Å². The molecule has 5 heteroatoms. The van der Waals surface area contributed by atoms with Gasteiger partial charge in [0.05, 0.1) is 17.0 Å². The number of hydrogen-bond donors (Lipinski definition) is 2. The van der Waals surface area contributed by atoms with Gasteiger partial charge in [0.25, 0.3) is 0 Å². The van der Waals surface area contributed by atoms with Crippen LogP contribution in [0.3, 0.4) is 0 Å². The normalized spacial score (nSPS) is 19.3. The maximum Gasteiger partial charge on any atom is 0.203 e. The number of nitrogens with two attached hydrogens (primary N) is 1. The van der Waals surface area contributed by atoms with Crippen molar-refractivity contribution < 1.29 is 9.47 Å². The SMILES string of the molecule is CC1(c2ccccc2)NC(CCOc2ccc(N)c3sccc23)=CO1. The second kappa shape index (κ2) is 6.33. The minimum Gasteiger partial charge on any atom is -0.493 e. The molecular formula is C20H20N2O2S. The molecule has 1 aliphatic rings. The molecular weight excluding hydrogens is 332 g/mol. The first-order chi connectivity index (χ1) is 12.2. The third-order valence-electron chi connectivity index (χ3n) is 4.40. The molecule has 4 rings (SSSR count). The Morgan fingerprint density at radius 3 is 2.84 bits per heavy atom. The predicted octanol–water partition coefficient (Wildman–Crippen LogP) is 4.59. The van der Waals surface area contributed by atoms with Gasteiger partial charge in [0, 0.05) is 23.1 Å². The Labute approximate surface area is 150 Å². The molecule has 4 nitrogen and oxygen atoms in total. The number of nitrogen functional groups attached to an aromatic ring is 1. The van der Waals surface area contributed by atoms with Crippen molar-refractivity contribution in [2.75, 3.05) is 12.3 Å². The van der Waals surface area contributed by atoms with Gasteiger partial charge in [0.15, 0.2) is 0 Å². The van der Waals surface area contributed by atoms with Gasteiger partial charge in [-0.25, -0.2) is 0 Å². The first-order valence-electron chi connectivity index (χ1n) is 8.25. The minimum atomic E-state index is -0.515. The molecule has 0 spiro atoms. The van der Waals surface area contributed by atoms with Crippen LogP contribution in [-0.2, 0) is 10.5 Å². The fourth-order valence-electron chi connectivity index (χ4n) is 3.03. The summed E-state index contributed by atoms with van der Waals surface area (Å²) in [5.41, 5.74) is 8.41. The van der Waals surface area contributed by atoms with E-state index in [1.54, 1.807) is 17.6 Å². The molecule has 1 unspecified atom stereocenters. The van der Waals surface area contributed by atoms with Crippen LogP contribution in [0.25, 0.3) is 10.1 Å². The molecule has 2 aromatic carbocycles. The van der Waals surface area contributed by atoms with E-state index in [1.165, 1.54) is 0 Å². The lowest BCUT2D eigenvalue weighted by Crippen LogP contribution is -2.35. The molecule has 0 saturated carbocycles. The summed E-state index contributed by atoms with van der Waals surface area (Å²) in [6.07, 6.45) is 2.54. The number of nitrogens with one attached hydrogen (secondary N) is 1. The van der Waals surface area contributed by atoms with Crippen LogP contribution in [0.4, 0.5) is 5.69 Å². The Morgan fingerprint density at radius 1 is 1.16 bits per heavy atom. The number of hydrogen-bond acceptors (Lipinski definition) is 5. The predicted molar refractivity (Wildman–Crippen MR) is 102 cm³/mol. The largest absolute Gasteiger partial charge is 0.493 e. The van der Waals surface area contributed by atoms with Crippen LogP contribution >= 0.6 is 11.3 Å². The number of rotatable bonds is 5. The van der Waals surface area contributed by atoms with Gasteiger partial charge in [-0.15, -0.1) is 11.3 Å².